The van der Waals surface area contributed by atoms with Crippen molar-refractivity contribution in [3.05, 3.63) is 58.0 Å². The first-order chi connectivity index (χ1) is 9.99. The summed E-state index contributed by atoms with van der Waals surface area (Å²) in [4.78, 5) is 13.6. The maximum Gasteiger partial charge on any atom is 0.268 e. The Balaban J connectivity index is 2.03. The molecule has 0 unspecified atom stereocenters. The van der Waals surface area contributed by atoms with Crippen LogP contribution < -0.4 is 11.3 Å². The first-order valence-corrected chi connectivity index (χ1v) is 6.90. The molecule has 5 nitrogen and oxygen atoms in total. The van der Waals surface area contributed by atoms with E-state index in [-0.39, 0.29) is 5.91 Å². The highest BCUT2D eigenvalue weighted by Gasteiger charge is 2.15. The molecular formula is C15H18ClN3O2. The standard InChI is InChI=1S/C15H18ClN3O2/c1-10-14(15(20)18-17)7-13(21-10)9-19(2)8-11-4-3-5-12(16)6-11/h3-7H,8-9,17H2,1-2H3,(H,18,20). The Labute approximate surface area is 128 Å². The van der Waals surface area contributed by atoms with Crippen molar-refractivity contribution < 1.29 is 9.21 Å². The lowest BCUT2D eigenvalue weighted by Gasteiger charge is -2.15. The van der Waals surface area contributed by atoms with Gasteiger partial charge in [0, 0.05) is 11.6 Å². The van der Waals surface area contributed by atoms with Crippen LogP contribution in [0.5, 0.6) is 0 Å². The van der Waals surface area contributed by atoms with Gasteiger partial charge >= 0.3 is 0 Å². The molecule has 0 radical (unpaired) electrons. The number of benzene rings is 1. The average Bonchev–Trinajstić information content (AvgIpc) is 2.78. The van der Waals surface area contributed by atoms with Gasteiger partial charge in [0.2, 0.25) is 0 Å². The van der Waals surface area contributed by atoms with Crippen LogP contribution in [0.15, 0.2) is 34.7 Å². The molecular weight excluding hydrogens is 290 g/mol. The molecule has 0 fully saturated rings. The van der Waals surface area contributed by atoms with Crippen molar-refractivity contribution >= 4 is 17.5 Å². The van der Waals surface area contributed by atoms with Gasteiger partial charge in [-0.2, -0.15) is 0 Å². The van der Waals surface area contributed by atoms with E-state index >= 15 is 0 Å². The van der Waals surface area contributed by atoms with Crippen LogP contribution >= 0.6 is 11.6 Å². The molecule has 6 heteroatoms. The van der Waals surface area contributed by atoms with Crippen molar-refractivity contribution in [1.29, 1.82) is 0 Å². The van der Waals surface area contributed by atoms with Crippen LogP contribution in [0.4, 0.5) is 0 Å². The third-order valence-electron chi connectivity index (χ3n) is 3.11. The van der Waals surface area contributed by atoms with Gasteiger partial charge in [-0.05, 0) is 37.7 Å². The molecule has 112 valence electrons. The number of aryl methyl sites for hydroxylation is 1. The van der Waals surface area contributed by atoms with E-state index in [1.165, 1.54) is 0 Å². The molecule has 3 N–H and O–H groups in total. The van der Waals surface area contributed by atoms with Gasteiger partial charge < -0.3 is 4.42 Å². The summed E-state index contributed by atoms with van der Waals surface area (Å²) in [5.41, 5.74) is 3.69. The van der Waals surface area contributed by atoms with E-state index in [9.17, 15) is 4.79 Å². The van der Waals surface area contributed by atoms with Crippen LogP contribution in [-0.2, 0) is 13.1 Å². The zero-order valence-corrected chi connectivity index (χ0v) is 12.8. The quantitative estimate of drug-likeness (QED) is 0.506. The Morgan fingerprint density at radius 2 is 2.14 bits per heavy atom. The van der Waals surface area contributed by atoms with Gasteiger partial charge in [0.15, 0.2) is 0 Å². The Morgan fingerprint density at radius 3 is 2.81 bits per heavy atom. The maximum absolute atomic E-state index is 11.5. The van der Waals surface area contributed by atoms with Gasteiger partial charge in [0.05, 0.1) is 12.1 Å². The highest BCUT2D eigenvalue weighted by molar-refractivity contribution is 6.30. The molecule has 21 heavy (non-hydrogen) atoms. The summed E-state index contributed by atoms with van der Waals surface area (Å²) in [6.07, 6.45) is 0. The fourth-order valence-corrected chi connectivity index (χ4v) is 2.41. The van der Waals surface area contributed by atoms with E-state index in [0.29, 0.717) is 17.9 Å². The fourth-order valence-electron chi connectivity index (χ4n) is 2.19. The number of furan rings is 1. The molecule has 1 amide bonds. The summed E-state index contributed by atoms with van der Waals surface area (Å²) in [5.74, 6) is 6.07. The lowest BCUT2D eigenvalue weighted by molar-refractivity contribution is 0.0952. The summed E-state index contributed by atoms with van der Waals surface area (Å²) < 4.78 is 5.59. The summed E-state index contributed by atoms with van der Waals surface area (Å²) in [6.45, 7) is 3.06. The molecule has 0 saturated heterocycles. The van der Waals surface area contributed by atoms with Crippen LogP contribution in [0.25, 0.3) is 0 Å². The molecule has 2 aromatic rings. The molecule has 0 aliphatic heterocycles. The van der Waals surface area contributed by atoms with E-state index in [4.69, 9.17) is 21.9 Å². The van der Waals surface area contributed by atoms with Gasteiger partial charge in [0.1, 0.15) is 11.5 Å². The van der Waals surface area contributed by atoms with Gasteiger partial charge in [0.25, 0.3) is 5.91 Å². The lowest BCUT2D eigenvalue weighted by atomic mass is 10.2. The van der Waals surface area contributed by atoms with E-state index < -0.39 is 0 Å². The summed E-state index contributed by atoms with van der Waals surface area (Å²) >= 11 is 5.97. The molecule has 0 aliphatic rings. The number of carbonyl (C=O) groups is 1. The predicted molar refractivity (Wildman–Crippen MR) is 81.7 cm³/mol. The molecule has 0 atom stereocenters. The van der Waals surface area contributed by atoms with Crippen molar-refractivity contribution in [3.63, 3.8) is 0 Å². The largest absolute Gasteiger partial charge is 0.464 e. The number of amides is 1. The van der Waals surface area contributed by atoms with Crippen molar-refractivity contribution in [2.24, 2.45) is 5.84 Å². The predicted octanol–water partition coefficient (Wildman–Crippen LogP) is 2.48. The van der Waals surface area contributed by atoms with Gasteiger partial charge in [-0.3, -0.25) is 15.1 Å². The van der Waals surface area contributed by atoms with Gasteiger partial charge in [-0.1, -0.05) is 23.7 Å². The smallest absolute Gasteiger partial charge is 0.268 e. The van der Waals surface area contributed by atoms with Crippen molar-refractivity contribution in [3.8, 4) is 0 Å². The number of hydrazine groups is 1. The van der Waals surface area contributed by atoms with Gasteiger partial charge in [-0.15, -0.1) is 0 Å². The van der Waals surface area contributed by atoms with Crippen LogP contribution in [0.1, 0.15) is 27.4 Å². The van der Waals surface area contributed by atoms with Crippen LogP contribution in [0.3, 0.4) is 0 Å². The maximum atomic E-state index is 11.5. The number of nitrogen functional groups attached to an aromatic ring is 1. The SMILES string of the molecule is Cc1oc(CN(C)Cc2cccc(Cl)c2)cc1C(=O)NN. The van der Waals surface area contributed by atoms with Crippen LogP contribution in [0.2, 0.25) is 5.02 Å². The van der Waals surface area contributed by atoms with Crippen molar-refractivity contribution in [2.45, 2.75) is 20.0 Å². The average molecular weight is 308 g/mol. The molecule has 1 heterocycles. The third-order valence-corrected chi connectivity index (χ3v) is 3.35. The number of hydrogen-bond acceptors (Lipinski definition) is 4. The minimum absolute atomic E-state index is 0.347. The van der Waals surface area contributed by atoms with E-state index in [0.717, 1.165) is 22.9 Å². The topological polar surface area (TPSA) is 71.5 Å². The first-order valence-electron chi connectivity index (χ1n) is 6.53. The number of hydrogen-bond donors (Lipinski definition) is 2. The third kappa shape index (κ3) is 4.07. The monoisotopic (exact) mass is 307 g/mol. The Kier molecular flexibility index (Phi) is 5.01. The number of nitrogens with one attached hydrogen (secondary N) is 1. The number of nitrogens with zero attached hydrogens (tertiary/aromatic N) is 1. The Bertz CT molecular complexity index is 640. The van der Waals surface area contributed by atoms with E-state index in [2.05, 4.69) is 10.3 Å². The lowest BCUT2D eigenvalue weighted by Crippen LogP contribution is -2.30. The van der Waals surface area contributed by atoms with Crippen molar-refractivity contribution in [1.82, 2.24) is 10.3 Å². The molecule has 1 aromatic carbocycles. The molecule has 0 aliphatic carbocycles. The Morgan fingerprint density at radius 1 is 1.38 bits per heavy atom. The zero-order valence-electron chi connectivity index (χ0n) is 12.0. The minimum atomic E-state index is -0.347. The van der Waals surface area contributed by atoms with E-state index in [1.54, 1.807) is 13.0 Å². The van der Waals surface area contributed by atoms with Crippen molar-refractivity contribution in [2.75, 3.05) is 7.05 Å². The summed E-state index contributed by atoms with van der Waals surface area (Å²) in [6, 6.07) is 9.43. The van der Waals surface area contributed by atoms with E-state index in [1.807, 2.05) is 31.3 Å². The first kappa shape index (κ1) is 15.6. The Hall–Kier alpha value is -1.82. The van der Waals surface area contributed by atoms with Crippen LogP contribution in [-0.4, -0.2) is 17.9 Å². The normalized spacial score (nSPS) is 10.9. The summed E-state index contributed by atoms with van der Waals surface area (Å²) in [5, 5.41) is 0.719. The fraction of sp³-hybridized carbons (Fsp3) is 0.267. The second-order valence-electron chi connectivity index (χ2n) is 4.96. The minimum Gasteiger partial charge on any atom is -0.464 e. The number of nitrogens with two attached hydrogens (primary N) is 1. The highest BCUT2D eigenvalue weighted by atomic mass is 35.5. The number of rotatable bonds is 5. The van der Waals surface area contributed by atoms with Crippen LogP contribution in [0, 0.1) is 6.92 Å². The number of halogens is 1. The second-order valence-corrected chi connectivity index (χ2v) is 5.39. The molecule has 2 rings (SSSR count). The molecule has 1 aromatic heterocycles. The second kappa shape index (κ2) is 6.76. The molecule has 0 spiro atoms. The summed E-state index contributed by atoms with van der Waals surface area (Å²) in [7, 11) is 1.97. The molecule has 0 saturated carbocycles. The van der Waals surface area contributed by atoms with Gasteiger partial charge in [-0.25, -0.2) is 5.84 Å². The number of carbonyl (C=O) groups excluding carboxylic acids is 1. The zero-order chi connectivity index (χ0) is 15.4. The highest BCUT2D eigenvalue weighted by Crippen LogP contribution is 2.17. The molecule has 0 bridgehead atoms.